The van der Waals surface area contributed by atoms with Crippen molar-refractivity contribution in [2.75, 3.05) is 25.0 Å². The van der Waals surface area contributed by atoms with Crippen molar-refractivity contribution in [2.45, 2.75) is 13.8 Å². The second kappa shape index (κ2) is 6.52. The zero-order valence-electron chi connectivity index (χ0n) is 11.9. The lowest BCUT2D eigenvalue weighted by molar-refractivity contribution is -0.121. The van der Waals surface area contributed by atoms with Crippen LogP contribution in [0.15, 0.2) is 24.3 Å². The molecule has 1 aliphatic rings. The standard InChI is InChI=1S/C15H21N3O2/c1-3-17-15(20)11-5-4-6-13(7-11)18-14(19)10(2)12-8-16-9-12/h4-7,10,12,16H,3,8-9H2,1-2H3,(H,17,20)(H,18,19). The fourth-order valence-corrected chi connectivity index (χ4v) is 2.14. The first-order valence-corrected chi connectivity index (χ1v) is 7.01. The third-order valence-electron chi connectivity index (χ3n) is 3.66. The van der Waals surface area contributed by atoms with E-state index in [0.717, 1.165) is 13.1 Å². The highest BCUT2D eigenvalue weighted by atomic mass is 16.2. The van der Waals surface area contributed by atoms with E-state index in [2.05, 4.69) is 16.0 Å². The summed E-state index contributed by atoms with van der Waals surface area (Å²) in [7, 11) is 0. The molecule has 1 atom stereocenters. The zero-order chi connectivity index (χ0) is 14.5. The van der Waals surface area contributed by atoms with Gasteiger partial charge in [-0.15, -0.1) is 0 Å². The molecule has 2 amide bonds. The number of carbonyl (C=O) groups is 2. The monoisotopic (exact) mass is 275 g/mol. The quantitative estimate of drug-likeness (QED) is 0.757. The Morgan fingerprint density at radius 3 is 2.75 bits per heavy atom. The van der Waals surface area contributed by atoms with Gasteiger partial charge in [-0.25, -0.2) is 0 Å². The molecule has 2 rings (SSSR count). The van der Waals surface area contributed by atoms with E-state index in [1.807, 2.05) is 13.8 Å². The summed E-state index contributed by atoms with van der Waals surface area (Å²) < 4.78 is 0. The summed E-state index contributed by atoms with van der Waals surface area (Å²) in [6, 6.07) is 7.01. The summed E-state index contributed by atoms with van der Waals surface area (Å²) in [4.78, 5) is 23.9. The van der Waals surface area contributed by atoms with Crippen LogP contribution in [0, 0.1) is 11.8 Å². The van der Waals surface area contributed by atoms with Crippen molar-refractivity contribution in [3.05, 3.63) is 29.8 Å². The first-order chi connectivity index (χ1) is 9.61. The zero-order valence-corrected chi connectivity index (χ0v) is 11.9. The predicted octanol–water partition coefficient (Wildman–Crippen LogP) is 1.23. The van der Waals surface area contributed by atoms with Gasteiger partial charge in [-0.3, -0.25) is 9.59 Å². The van der Waals surface area contributed by atoms with E-state index in [0.29, 0.717) is 23.7 Å². The summed E-state index contributed by atoms with van der Waals surface area (Å²) in [5, 5.41) is 8.79. The van der Waals surface area contributed by atoms with Gasteiger partial charge in [0.25, 0.3) is 5.91 Å². The van der Waals surface area contributed by atoms with Gasteiger partial charge in [0.2, 0.25) is 5.91 Å². The Morgan fingerprint density at radius 2 is 2.15 bits per heavy atom. The highest BCUT2D eigenvalue weighted by molar-refractivity contribution is 5.97. The molecule has 5 heteroatoms. The van der Waals surface area contributed by atoms with Gasteiger partial charge >= 0.3 is 0 Å². The highest BCUT2D eigenvalue weighted by Gasteiger charge is 2.28. The van der Waals surface area contributed by atoms with E-state index in [9.17, 15) is 9.59 Å². The van der Waals surface area contributed by atoms with Gasteiger partial charge in [0.15, 0.2) is 0 Å². The van der Waals surface area contributed by atoms with E-state index >= 15 is 0 Å². The van der Waals surface area contributed by atoms with Crippen molar-refractivity contribution in [2.24, 2.45) is 11.8 Å². The van der Waals surface area contributed by atoms with Crippen molar-refractivity contribution in [1.82, 2.24) is 10.6 Å². The summed E-state index contributed by atoms with van der Waals surface area (Å²) in [6.45, 7) is 6.19. The lowest BCUT2D eigenvalue weighted by Crippen LogP contribution is -2.48. The maximum absolute atomic E-state index is 12.1. The summed E-state index contributed by atoms with van der Waals surface area (Å²) >= 11 is 0. The molecule has 1 aliphatic heterocycles. The van der Waals surface area contributed by atoms with Crippen molar-refractivity contribution in [1.29, 1.82) is 0 Å². The number of benzene rings is 1. The maximum atomic E-state index is 12.1. The van der Waals surface area contributed by atoms with Gasteiger partial charge in [-0.2, -0.15) is 0 Å². The Balaban J connectivity index is 2.00. The minimum Gasteiger partial charge on any atom is -0.352 e. The van der Waals surface area contributed by atoms with Gasteiger partial charge in [0.1, 0.15) is 0 Å². The second-order valence-corrected chi connectivity index (χ2v) is 5.14. The molecule has 20 heavy (non-hydrogen) atoms. The number of carbonyl (C=O) groups excluding carboxylic acids is 2. The smallest absolute Gasteiger partial charge is 0.251 e. The molecule has 3 N–H and O–H groups in total. The molecule has 1 aromatic rings. The van der Waals surface area contributed by atoms with E-state index < -0.39 is 0 Å². The van der Waals surface area contributed by atoms with Crippen LogP contribution in [0.4, 0.5) is 5.69 Å². The largest absolute Gasteiger partial charge is 0.352 e. The van der Waals surface area contributed by atoms with Crippen LogP contribution in [0.5, 0.6) is 0 Å². The summed E-state index contributed by atoms with van der Waals surface area (Å²) in [5.74, 6) is 0.260. The molecule has 0 saturated carbocycles. The molecular formula is C15H21N3O2. The Labute approximate surface area is 119 Å². The lowest BCUT2D eigenvalue weighted by atomic mass is 9.88. The van der Waals surface area contributed by atoms with Gasteiger partial charge < -0.3 is 16.0 Å². The molecule has 1 aromatic carbocycles. The molecule has 108 valence electrons. The molecule has 0 aromatic heterocycles. The van der Waals surface area contributed by atoms with E-state index in [1.165, 1.54) is 0 Å². The van der Waals surface area contributed by atoms with E-state index in [-0.39, 0.29) is 17.7 Å². The number of hydrogen-bond acceptors (Lipinski definition) is 3. The molecule has 0 radical (unpaired) electrons. The maximum Gasteiger partial charge on any atom is 0.251 e. The first-order valence-electron chi connectivity index (χ1n) is 7.01. The molecule has 0 bridgehead atoms. The number of anilines is 1. The Morgan fingerprint density at radius 1 is 1.40 bits per heavy atom. The van der Waals surface area contributed by atoms with Crippen LogP contribution >= 0.6 is 0 Å². The average molecular weight is 275 g/mol. The molecular weight excluding hydrogens is 254 g/mol. The summed E-state index contributed by atoms with van der Waals surface area (Å²) in [6.07, 6.45) is 0. The third kappa shape index (κ3) is 3.36. The van der Waals surface area contributed by atoms with Crippen molar-refractivity contribution >= 4 is 17.5 Å². The minimum absolute atomic E-state index is 0.00421. The van der Waals surface area contributed by atoms with Crippen LogP contribution in [-0.4, -0.2) is 31.4 Å². The normalized spacial score (nSPS) is 16.1. The molecule has 1 saturated heterocycles. The Bertz CT molecular complexity index is 498. The van der Waals surface area contributed by atoms with Crippen LogP contribution in [-0.2, 0) is 4.79 Å². The van der Waals surface area contributed by atoms with Crippen LogP contribution in [0.1, 0.15) is 24.2 Å². The molecule has 0 aliphatic carbocycles. The van der Waals surface area contributed by atoms with Crippen molar-refractivity contribution in [3.63, 3.8) is 0 Å². The highest BCUT2D eigenvalue weighted by Crippen LogP contribution is 2.19. The molecule has 1 heterocycles. The number of hydrogen-bond donors (Lipinski definition) is 3. The Hall–Kier alpha value is -1.88. The molecule has 1 unspecified atom stereocenters. The van der Waals surface area contributed by atoms with Crippen LogP contribution < -0.4 is 16.0 Å². The second-order valence-electron chi connectivity index (χ2n) is 5.14. The SMILES string of the molecule is CCNC(=O)c1cccc(NC(=O)C(C)C2CNC2)c1. The summed E-state index contributed by atoms with van der Waals surface area (Å²) in [5.41, 5.74) is 1.22. The van der Waals surface area contributed by atoms with E-state index in [1.54, 1.807) is 24.3 Å². The number of amides is 2. The fourth-order valence-electron chi connectivity index (χ4n) is 2.14. The lowest BCUT2D eigenvalue weighted by Gasteiger charge is -2.31. The number of nitrogens with one attached hydrogen (secondary N) is 3. The topological polar surface area (TPSA) is 70.2 Å². The molecule has 1 fully saturated rings. The Kier molecular flexibility index (Phi) is 4.74. The fraction of sp³-hybridized carbons (Fsp3) is 0.467. The van der Waals surface area contributed by atoms with Gasteiger partial charge in [0, 0.05) is 23.7 Å². The van der Waals surface area contributed by atoms with Crippen molar-refractivity contribution in [3.8, 4) is 0 Å². The number of rotatable bonds is 5. The van der Waals surface area contributed by atoms with Crippen molar-refractivity contribution < 1.29 is 9.59 Å². The van der Waals surface area contributed by atoms with Gasteiger partial charge in [0.05, 0.1) is 0 Å². The minimum atomic E-state index is -0.125. The van der Waals surface area contributed by atoms with Crippen LogP contribution in [0.3, 0.4) is 0 Å². The predicted molar refractivity (Wildman–Crippen MR) is 78.6 cm³/mol. The van der Waals surface area contributed by atoms with E-state index in [4.69, 9.17) is 0 Å². The van der Waals surface area contributed by atoms with Crippen LogP contribution in [0.2, 0.25) is 0 Å². The average Bonchev–Trinajstić information content (AvgIpc) is 2.37. The molecule has 0 spiro atoms. The third-order valence-corrected chi connectivity index (χ3v) is 3.66. The van der Waals surface area contributed by atoms with Gasteiger partial charge in [-0.1, -0.05) is 13.0 Å². The van der Waals surface area contributed by atoms with Crippen LogP contribution in [0.25, 0.3) is 0 Å². The first kappa shape index (κ1) is 14.5. The van der Waals surface area contributed by atoms with Gasteiger partial charge in [-0.05, 0) is 44.1 Å². The molecule has 5 nitrogen and oxygen atoms in total.